The van der Waals surface area contributed by atoms with Crippen molar-refractivity contribution in [1.29, 1.82) is 0 Å². The molecule has 0 spiro atoms. The van der Waals surface area contributed by atoms with E-state index in [1.165, 1.54) is 22.5 Å². The summed E-state index contributed by atoms with van der Waals surface area (Å²) in [5, 5.41) is 0. The van der Waals surface area contributed by atoms with Gasteiger partial charge in [-0.25, -0.2) is 9.79 Å². The molecule has 0 N–H and O–H groups in total. The van der Waals surface area contributed by atoms with Crippen LogP contribution >= 0.6 is 11.3 Å². The number of hydrogen-bond donors (Lipinski definition) is 0. The predicted octanol–water partition coefficient (Wildman–Crippen LogP) is 5.22. The number of carbonyl (C=O) groups is 1. The molecule has 0 amide bonds. The summed E-state index contributed by atoms with van der Waals surface area (Å²) < 4.78 is 15.5. The van der Waals surface area contributed by atoms with Crippen LogP contribution in [-0.2, 0) is 9.53 Å². The van der Waals surface area contributed by atoms with E-state index < -0.39 is 12.0 Å². The number of nitrogens with zero attached hydrogens (tertiary/aromatic N) is 3. The lowest BCUT2D eigenvalue weighted by molar-refractivity contribution is -0.139. The Morgan fingerprint density at radius 2 is 1.68 bits per heavy atom. The second kappa shape index (κ2) is 11.4. The van der Waals surface area contributed by atoms with Gasteiger partial charge in [-0.2, -0.15) is 0 Å². The molecule has 3 heterocycles. The van der Waals surface area contributed by atoms with E-state index in [1.807, 2.05) is 37.3 Å². The predicted molar refractivity (Wildman–Crippen MR) is 163 cm³/mol. The van der Waals surface area contributed by atoms with Crippen LogP contribution in [0.15, 0.2) is 69.6 Å². The number of aryl methyl sites for hydroxylation is 3. The maximum absolute atomic E-state index is 14.1. The van der Waals surface area contributed by atoms with Crippen molar-refractivity contribution in [3.05, 3.63) is 113 Å². The molecule has 1 aliphatic heterocycles. The van der Waals surface area contributed by atoms with E-state index in [0.717, 1.165) is 34.0 Å². The van der Waals surface area contributed by atoms with Gasteiger partial charge in [0, 0.05) is 11.4 Å². The molecule has 4 aromatic rings. The Bertz CT molecular complexity index is 1840. The number of hydrogen-bond acceptors (Lipinski definition) is 6. The maximum Gasteiger partial charge on any atom is 0.338 e. The van der Waals surface area contributed by atoms with Crippen molar-refractivity contribution in [2.45, 2.75) is 54.5 Å². The average molecular weight is 570 g/mol. The zero-order chi connectivity index (χ0) is 29.4. The summed E-state index contributed by atoms with van der Waals surface area (Å²) in [6.07, 6.45) is 1.94. The zero-order valence-electron chi connectivity index (χ0n) is 24.6. The first-order valence-corrected chi connectivity index (χ1v) is 14.7. The number of thiazole rings is 1. The van der Waals surface area contributed by atoms with Crippen molar-refractivity contribution in [2.24, 2.45) is 4.99 Å². The fraction of sp³-hybridized carbons (Fsp3) is 0.303. The van der Waals surface area contributed by atoms with Crippen LogP contribution in [0.5, 0.6) is 5.75 Å². The number of allylic oxidation sites excluding steroid dienone is 1. The summed E-state index contributed by atoms with van der Waals surface area (Å²) in [6, 6.07) is 15.2. The van der Waals surface area contributed by atoms with Crippen LogP contribution in [-0.4, -0.2) is 28.3 Å². The Morgan fingerprint density at radius 1 is 1.00 bits per heavy atom. The lowest BCUT2D eigenvalue weighted by atomic mass is 9.96. The highest BCUT2D eigenvalue weighted by atomic mass is 32.1. The topological polar surface area (TPSA) is 74.8 Å². The van der Waals surface area contributed by atoms with E-state index in [4.69, 9.17) is 14.5 Å². The number of aromatic nitrogens is 2. The summed E-state index contributed by atoms with van der Waals surface area (Å²) in [5.41, 5.74) is 8.15. The molecule has 41 heavy (non-hydrogen) atoms. The lowest BCUT2D eigenvalue weighted by Gasteiger charge is -2.24. The van der Waals surface area contributed by atoms with Gasteiger partial charge >= 0.3 is 5.97 Å². The molecule has 2 aromatic heterocycles. The smallest absolute Gasteiger partial charge is 0.338 e. The molecule has 0 aliphatic carbocycles. The molecule has 2 aromatic carbocycles. The fourth-order valence-electron chi connectivity index (χ4n) is 5.60. The molecular formula is C33H35N3O4S. The first kappa shape index (κ1) is 28.4. The monoisotopic (exact) mass is 569 g/mol. The van der Waals surface area contributed by atoms with E-state index in [0.29, 0.717) is 27.2 Å². The lowest BCUT2D eigenvalue weighted by Crippen LogP contribution is -2.39. The van der Waals surface area contributed by atoms with Crippen molar-refractivity contribution in [1.82, 2.24) is 9.13 Å². The van der Waals surface area contributed by atoms with Crippen molar-refractivity contribution in [3.63, 3.8) is 0 Å². The maximum atomic E-state index is 14.1. The molecule has 1 aliphatic rings. The van der Waals surface area contributed by atoms with E-state index >= 15 is 0 Å². The summed E-state index contributed by atoms with van der Waals surface area (Å²) in [7, 11) is 0. The van der Waals surface area contributed by atoms with E-state index in [9.17, 15) is 9.59 Å². The molecule has 7 nitrogen and oxygen atoms in total. The standard InChI is InChI=1S/C33H35N3O4S/c1-8-39-26-15-13-24(14-16-26)30-28(32(38)40-9-2)22(6)34-33-36(30)31(37)27(41-33)18-25-17-21(5)35(23(25)7)29-19(3)11-10-12-20(29)4/h10-18,30H,8-9H2,1-7H3/b27-18-/t30-/m0/s1. The zero-order valence-corrected chi connectivity index (χ0v) is 25.4. The summed E-state index contributed by atoms with van der Waals surface area (Å²) >= 11 is 1.33. The van der Waals surface area contributed by atoms with E-state index in [-0.39, 0.29) is 12.2 Å². The van der Waals surface area contributed by atoms with Gasteiger partial charge in [0.25, 0.3) is 5.56 Å². The number of carbonyl (C=O) groups excluding carboxylic acids is 1. The van der Waals surface area contributed by atoms with Crippen molar-refractivity contribution in [2.75, 3.05) is 13.2 Å². The Morgan fingerprint density at radius 3 is 2.32 bits per heavy atom. The molecule has 1 atom stereocenters. The van der Waals surface area contributed by atoms with Gasteiger partial charge in [-0.15, -0.1) is 0 Å². The summed E-state index contributed by atoms with van der Waals surface area (Å²) in [6.45, 7) is 14.7. The molecule has 5 rings (SSSR count). The third-order valence-corrected chi connectivity index (χ3v) is 8.43. The van der Waals surface area contributed by atoms with Gasteiger partial charge in [0.1, 0.15) is 5.75 Å². The third-order valence-electron chi connectivity index (χ3n) is 7.44. The van der Waals surface area contributed by atoms with E-state index in [1.54, 1.807) is 18.4 Å². The first-order valence-electron chi connectivity index (χ1n) is 13.8. The van der Waals surface area contributed by atoms with Gasteiger partial charge in [0.05, 0.1) is 40.7 Å². The molecule has 0 radical (unpaired) electrons. The normalized spacial score (nSPS) is 15.1. The SMILES string of the molecule is CCOC(=O)C1=C(C)N=c2s/c(=C\c3cc(C)n(-c4c(C)cccc4C)c3C)c(=O)n2[C@H]1c1ccc(OCC)cc1. The van der Waals surface area contributed by atoms with Crippen LogP contribution in [0.4, 0.5) is 0 Å². The van der Waals surface area contributed by atoms with Crippen molar-refractivity contribution >= 4 is 23.4 Å². The fourth-order valence-corrected chi connectivity index (χ4v) is 6.63. The summed E-state index contributed by atoms with van der Waals surface area (Å²) in [5.74, 6) is 0.250. The highest BCUT2D eigenvalue weighted by Crippen LogP contribution is 2.32. The second-order valence-electron chi connectivity index (χ2n) is 10.2. The van der Waals surface area contributed by atoms with Crippen LogP contribution in [0.1, 0.15) is 60.5 Å². The quantitative estimate of drug-likeness (QED) is 0.286. The minimum atomic E-state index is -0.662. The Balaban J connectivity index is 1.69. The van der Waals surface area contributed by atoms with Crippen LogP contribution in [0.25, 0.3) is 11.8 Å². The van der Waals surface area contributed by atoms with Gasteiger partial charge in [0.15, 0.2) is 4.80 Å². The van der Waals surface area contributed by atoms with Crippen LogP contribution in [0, 0.1) is 27.7 Å². The minimum Gasteiger partial charge on any atom is -0.494 e. The Kier molecular flexibility index (Phi) is 7.87. The van der Waals surface area contributed by atoms with E-state index in [2.05, 4.69) is 56.5 Å². The van der Waals surface area contributed by atoms with Gasteiger partial charge in [-0.3, -0.25) is 9.36 Å². The van der Waals surface area contributed by atoms with Crippen molar-refractivity contribution < 1.29 is 14.3 Å². The minimum absolute atomic E-state index is 0.196. The van der Waals surface area contributed by atoms with Crippen LogP contribution < -0.4 is 19.6 Å². The molecular weight excluding hydrogens is 534 g/mol. The number of fused-ring (bicyclic) bond motifs is 1. The van der Waals surface area contributed by atoms with Crippen LogP contribution in [0.3, 0.4) is 0 Å². The second-order valence-corrected chi connectivity index (χ2v) is 11.2. The molecule has 0 fully saturated rings. The van der Waals surface area contributed by atoms with Gasteiger partial charge in [0.2, 0.25) is 0 Å². The van der Waals surface area contributed by atoms with Gasteiger partial charge in [-0.05, 0) is 95.0 Å². The van der Waals surface area contributed by atoms with Crippen molar-refractivity contribution in [3.8, 4) is 11.4 Å². The number of ether oxygens (including phenoxy) is 2. The largest absolute Gasteiger partial charge is 0.494 e. The van der Waals surface area contributed by atoms with Gasteiger partial charge in [-0.1, -0.05) is 41.7 Å². The summed E-state index contributed by atoms with van der Waals surface area (Å²) in [4.78, 5) is 32.5. The van der Waals surface area contributed by atoms with Crippen LogP contribution in [0.2, 0.25) is 0 Å². The number of esters is 1. The highest BCUT2D eigenvalue weighted by Gasteiger charge is 2.33. The third kappa shape index (κ3) is 5.08. The molecule has 8 heteroatoms. The molecule has 0 unspecified atom stereocenters. The number of rotatable bonds is 7. The molecule has 212 valence electrons. The molecule has 0 saturated heterocycles. The molecule has 0 bridgehead atoms. The number of para-hydroxylation sites is 1. The Labute approximate surface area is 243 Å². The first-order chi connectivity index (χ1) is 19.7. The Hall–Kier alpha value is -4.17. The number of benzene rings is 2. The average Bonchev–Trinajstić information content (AvgIpc) is 3.38. The molecule has 0 saturated carbocycles. The van der Waals surface area contributed by atoms with Gasteiger partial charge < -0.3 is 14.0 Å². The highest BCUT2D eigenvalue weighted by molar-refractivity contribution is 7.07.